The van der Waals surface area contributed by atoms with Gasteiger partial charge in [-0.1, -0.05) is 12.1 Å². The van der Waals surface area contributed by atoms with Crippen molar-refractivity contribution in [2.75, 3.05) is 19.6 Å². The molecular weight excluding hydrogens is 372 g/mol. The molecule has 0 unspecified atom stereocenters. The minimum Gasteiger partial charge on any atom is -0.486 e. The summed E-state index contributed by atoms with van der Waals surface area (Å²) in [5.74, 6) is 0.358. The number of benzene rings is 1. The number of likely N-dealkylation sites (tertiary alicyclic amines) is 1. The number of H-pyrrole nitrogens is 1. The lowest BCUT2D eigenvalue weighted by atomic mass is 9.84. The van der Waals surface area contributed by atoms with Gasteiger partial charge in [-0.25, -0.2) is 0 Å². The Hall–Kier alpha value is -3.16. The highest BCUT2D eigenvalue weighted by atomic mass is 16.5. The average molecular weight is 396 g/mol. The predicted molar refractivity (Wildman–Crippen MR) is 104 cm³/mol. The highest BCUT2D eigenvalue weighted by molar-refractivity contribution is 6.00. The van der Waals surface area contributed by atoms with Crippen LogP contribution in [0.3, 0.4) is 0 Å². The Bertz CT molecular complexity index is 911. The van der Waals surface area contributed by atoms with Crippen LogP contribution in [0.25, 0.3) is 0 Å². The Balaban J connectivity index is 1.34. The Morgan fingerprint density at radius 2 is 2.14 bits per heavy atom. The van der Waals surface area contributed by atoms with E-state index < -0.39 is 5.60 Å². The number of ether oxygens (including phenoxy) is 1. The molecule has 1 aromatic heterocycles. The third-order valence-electron chi connectivity index (χ3n) is 5.61. The van der Waals surface area contributed by atoms with E-state index in [2.05, 4.69) is 15.5 Å². The van der Waals surface area contributed by atoms with E-state index in [4.69, 9.17) is 4.74 Å². The zero-order chi connectivity index (χ0) is 20.3. The minimum absolute atomic E-state index is 0.0187. The van der Waals surface area contributed by atoms with Crippen LogP contribution in [0.4, 0.5) is 0 Å². The molecule has 1 spiro atoms. The number of nitrogens with one attached hydrogen (secondary N) is 2. The highest BCUT2D eigenvalue weighted by Crippen LogP contribution is 2.39. The SMILES string of the molecule is O=C(CN1CC[C@@]2(CCC1=O)CC(=O)c1ccccc1O2)NCCc1cn[nH]c1. The Labute approximate surface area is 168 Å². The fourth-order valence-electron chi connectivity index (χ4n) is 3.96. The van der Waals surface area contributed by atoms with Gasteiger partial charge in [0.15, 0.2) is 5.78 Å². The molecule has 2 N–H and O–H groups in total. The van der Waals surface area contributed by atoms with Crippen molar-refractivity contribution in [2.45, 2.75) is 37.7 Å². The zero-order valence-corrected chi connectivity index (χ0v) is 16.1. The van der Waals surface area contributed by atoms with Crippen LogP contribution in [0.5, 0.6) is 5.75 Å². The van der Waals surface area contributed by atoms with Gasteiger partial charge in [-0.05, 0) is 30.5 Å². The zero-order valence-electron chi connectivity index (χ0n) is 16.1. The lowest BCUT2D eigenvalue weighted by Gasteiger charge is -2.37. The van der Waals surface area contributed by atoms with Gasteiger partial charge in [0, 0.05) is 32.1 Å². The van der Waals surface area contributed by atoms with Crippen molar-refractivity contribution in [3.05, 3.63) is 47.8 Å². The average Bonchev–Trinajstić information content (AvgIpc) is 3.18. The number of amides is 2. The molecule has 1 atom stereocenters. The van der Waals surface area contributed by atoms with Crippen LogP contribution >= 0.6 is 0 Å². The van der Waals surface area contributed by atoms with Crippen molar-refractivity contribution in [3.63, 3.8) is 0 Å². The number of aromatic nitrogens is 2. The molecule has 1 fully saturated rings. The molecule has 8 nitrogen and oxygen atoms in total. The predicted octanol–water partition coefficient (Wildman–Crippen LogP) is 1.49. The van der Waals surface area contributed by atoms with Crippen molar-refractivity contribution < 1.29 is 19.1 Å². The summed E-state index contributed by atoms with van der Waals surface area (Å²) in [5, 5.41) is 9.44. The molecule has 2 aromatic rings. The quantitative estimate of drug-likeness (QED) is 0.797. The molecule has 3 heterocycles. The van der Waals surface area contributed by atoms with Crippen LogP contribution in [-0.4, -0.2) is 57.9 Å². The van der Waals surface area contributed by atoms with E-state index in [0.717, 1.165) is 5.56 Å². The molecule has 1 saturated heterocycles. The topological polar surface area (TPSA) is 104 Å². The number of rotatable bonds is 5. The Morgan fingerprint density at radius 1 is 1.28 bits per heavy atom. The molecule has 152 valence electrons. The molecule has 2 aliphatic heterocycles. The van der Waals surface area contributed by atoms with Crippen LogP contribution in [0.2, 0.25) is 0 Å². The molecule has 0 aliphatic carbocycles. The van der Waals surface area contributed by atoms with E-state index in [9.17, 15) is 14.4 Å². The lowest BCUT2D eigenvalue weighted by Crippen LogP contribution is -2.44. The van der Waals surface area contributed by atoms with Crippen molar-refractivity contribution in [2.24, 2.45) is 0 Å². The Kier molecular flexibility index (Phi) is 5.33. The first kappa shape index (κ1) is 19.2. The van der Waals surface area contributed by atoms with Gasteiger partial charge in [0.25, 0.3) is 0 Å². The van der Waals surface area contributed by atoms with E-state index in [1.807, 2.05) is 12.1 Å². The largest absolute Gasteiger partial charge is 0.486 e. The maximum atomic E-state index is 12.6. The summed E-state index contributed by atoms with van der Waals surface area (Å²) < 4.78 is 6.21. The van der Waals surface area contributed by atoms with Crippen molar-refractivity contribution in [1.82, 2.24) is 20.4 Å². The van der Waals surface area contributed by atoms with Gasteiger partial charge in [-0.3, -0.25) is 19.5 Å². The maximum absolute atomic E-state index is 12.6. The minimum atomic E-state index is -0.673. The molecule has 29 heavy (non-hydrogen) atoms. The first-order chi connectivity index (χ1) is 14.0. The summed E-state index contributed by atoms with van der Waals surface area (Å²) in [6.45, 7) is 0.896. The first-order valence-corrected chi connectivity index (χ1v) is 9.88. The van der Waals surface area contributed by atoms with E-state index in [1.54, 1.807) is 29.4 Å². The number of Topliss-reactive ketones (excluding diaryl/α,β-unsaturated/α-hetero) is 1. The summed E-state index contributed by atoms with van der Waals surface area (Å²) in [6.07, 6.45) is 5.71. The number of hydrogen-bond acceptors (Lipinski definition) is 5. The molecular formula is C21H24N4O4. The number of carbonyl (C=O) groups is 3. The number of carbonyl (C=O) groups excluding carboxylic acids is 3. The number of para-hydroxylation sites is 1. The maximum Gasteiger partial charge on any atom is 0.239 e. The molecule has 0 saturated carbocycles. The second-order valence-corrected chi connectivity index (χ2v) is 7.65. The van der Waals surface area contributed by atoms with Gasteiger partial charge in [-0.15, -0.1) is 0 Å². The number of nitrogens with zero attached hydrogens (tertiary/aromatic N) is 2. The summed E-state index contributed by atoms with van der Waals surface area (Å²) >= 11 is 0. The van der Waals surface area contributed by atoms with Crippen molar-refractivity contribution >= 4 is 17.6 Å². The number of fused-ring (bicyclic) bond motifs is 1. The first-order valence-electron chi connectivity index (χ1n) is 9.88. The van der Waals surface area contributed by atoms with E-state index in [0.29, 0.717) is 43.7 Å². The second kappa shape index (κ2) is 8.06. The Morgan fingerprint density at radius 3 is 2.97 bits per heavy atom. The normalized spacial score (nSPS) is 21.4. The van der Waals surface area contributed by atoms with Crippen molar-refractivity contribution in [3.8, 4) is 5.75 Å². The molecule has 0 bridgehead atoms. The van der Waals surface area contributed by atoms with E-state index in [-0.39, 0.29) is 37.0 Å². The number of aromatic amines is 1. The lowest BCUT2D eigenvalue weighted by molar-refractivity contribution is -0.135. The van der Waals surface area contributed by atoms with Gasteiger partial charge in [0.1, 0.15) is 11.4 Å². The smallest absolute Gasteiger partial charge is 0.239 e. The monoisotopic (exact) mass is 396 g/mol. The summed E-state index contributed by atoms with van der Waals surface area (Å²) in [4.78, 5) is 39.0. The molecule has 8 heteroatoms. The van der Waals surface area contributed by atoms with Gasteiger partial charge >= 0.3 is 0 Å². The summed E-state index contributed by atoms with van der Waals surface area (Å²) in [5.41, 5.74) is 0.938. The van der Waals surface area contributed by atoms with Gasteiger partial charge in [-0.2, -0.15) is 5.10 Å². The molecule has 1 aromatic carbocycles. The van der Waals surface area contributed by atoms with E-state index in [1.165, 1.54) is 0 Å². The van der Waals surface area contributed by atoms with Crippen LogP contribution in [0.1, 0.15) is 41.6 Å². The molecule has 4 rings (SSSR count). The third kappa shape index (κ3) is 4.31. The highest BCUT2D eigenvalue weighted by Gasteiger charge is 2.43. The standard InChI is InChI=1S/C21H24N4O4/c26-17-11-21(29-18-4-2-1-3-16(17)18)7-5-20(28)25(10-8-21)14-19(27)22-9-6-15-12-23-24-13-15/h1-4,12-13H,5-11,14H2,(H,22,27)(H,23,24)/t21-/m0/s1. The van der Waals surface area contributed by atoms with Gasteiger partial charge < -0.3 is 15.0 Å². The number of hydrogen-bond donors (Lipinski definition) is 2. The van der Waals surface area contributed by atoms with Crippen LogP contribution in [0.15, 0.2) is 36.7 Å². The fraction of sp³-hybridized carbons (Fsp3) is 0.429. The van der Waals surface area contributed by atoms with Crippen LogP contribution in [-0.2, 0) is 16.0 Å². The van der Waals surface area contributed by atoms with Crippen LogP contribution < -0.4 is 10.1 Å². The second-order valence-electron chi connectivity index (χ2n) is 7.65. The fourth-order valence-corrected chi connectivity index (χ4v) is 3.96. The van der Waals surface area contributed by atoms with Gasteiger partial charge in [0.05, 0.1) is 24.7 Å². The molecule has 2 aliphatic rings. The molecule has 2 amide bonds. The van der Waals surface area contributed by atoms with Gasteiger partial charge in [0.2, 0.25) is 11.8 Å². The molecule has 0 radical (unpaired) electrons. The summed E-state index contributed by atoms with van der Waals surface area (Å²) in [6, 6.07) is 7.23. The van der Waals surface area contributed by atoms with Crippen LogP contribution in [0, 0.1) is 0 Å². The van der Waals surface area contributed by atoms with Crippen molar-refractivity contribution in [1.29, 1.82) is 0 Å². The number of ketones is 1. The third-order valence-corrected chi connectivity index (χ3v) is 5.61. The van der Waals surface area contributed by atoms with E-state index >= 15 is 0 Å². The summed E-state index contributed by atoms with van der Waals surface area (Å²) in [7, 11) is 0.